The minimum absolute atomic E-state index is 0. The van der Waals surface area contributed by atoms with Gasteiger partial charge in [0, 0.05) is 24.8 Å². The molecule has 24 heavy (non-hydrogen) atoms. The highest BCUT2D eigenvalue weighted by Gasteiger charge is 2.43. The van der Waals surface area contributed by atoms with Gasteiger partial charge in [-0.3, -0.25) is 9.48 Å². The number of hydrogen-bond acceptors (Lipinski definition) is 3. The molecule has 138 valence electrons. The monoisotopic (exact) mass is 376 g/mol. The Labute approximate surface area is 157 Å². The molecule has 1 aromatic heterocycles. The van der Waals surface area contributed by atoms with E-state index in [-0.39, 0.29) is 36.8 Å². The first-order chi connectivity index (χ1) is 10.4. The second kappa shape index (κ2) is 8.07. The van der Waals surface area contributed by atoms with Crippen LogP contribution in [-0.2, 0) is 11.8 Å². The number of aromatic nitrogens is 2. The number of carbonyl (C=O) groups excluding carboxylic acids is 1. The Morgan fingerprint density at radius 3 is 2.33 bits per heavy atom. The van der Waals surface area contributed by atoms with E-state index in [9.17, 15) is 4.79 Å². The van der Waals surface area contributed by atoms with Crippen LogP contribution in [0.5, 0.6) is 0 Å². The number of rotatable bonds is 2. The van der Waals surface area contributed by atoms with E-state index in [1.807, 2.05) is 23.6 Å². The van der Waals surface area contributed by atoms with Gasteiger partial charge >= 0.3 is 0 Å². The van der Waals surface area contributed by atoms with E-state index < -0.39 is 5.54 Å². The lowest BCUT2D eigenvalue weighted by Crippen LogP contribution is -2.56. The molecule has 1 amide bonds. The van der Waals surface area contributed by atoms with Crippen LogP contribution in [-0.4, -0.2) is 32.7 Å². The highest BCUT2D eigenvalue weighted by atomic mass is 35.5. The zero-order valence-electron chi connectivity index (χ0n) is 14.9. The fourth-order valence-electron chi connectivity index (χ4n) is 4.26. The van der Waals surface area contributed by atoms with Crippen molar-refractivity contribution in [3.05, 3.63) is 17.0 Å². The molecule has 7 heteroatoms. The molecule has 1 saturated carbocycles. The molecular formula is C17H30Cl2N4O. The Morgan fingerprint density at radius 1 is 1.17 bits per heavy atom. The Bertz CT molecular complexity index is 581. The Morgan fingerprint density at radius 2 is 1.79 bits per heavy atom. The number of nitrogens with zero attached hydrogens (tertiary/aromatic N) is 3. The van der Waals surface area contributed by atoms with Gasteiger partial charge in [-0.1, -0.05) is 19.3 Å². The van der Waals surface area contributed by atoms with Crippen LogP contribution in [0.2, 0.25) is 0 Å². The fourth-order valence-corrected chi connectivity index (χ4v) is 4.26. The number of carbonyl (C=O) groups is 1. The molecule has 1 aromatic rings. The maximum Gasteiger partial charge on any atom is 0.243 e. The Hall–Kier alpha value is -0.780. The number of aryl methyl sites for hydroxylation is 2. The van der Waals surface area contributed by atoms with Gasteiger partial charge in [-0.25, -0.2) is 0 Å². The van der Waals surface area contributed by atoms with Gasteiger partial charge in [0.2, 0.25) is 5.91 Å². The number of nitrogens with two attached hydrogens (primary N) is 1. The van der Waals surface area contributed by atoms with E-state index in [0.29, 0.717) is 0 Å². The summed E-state index contributed by atoms with van der Waals surface area (Å²) in [5.74, 6) is 0.164. The summed E-state index contributed by atoms with van der Waals surface area (Å²) in [6.07, 6.45) is 7.10. The van der Waals surface area contributed by atoms with Crippen molar-refractivity contribution in [3.8, 4) is 0 Å². The summed E-state index contributed by atoms with van der Waals surface area (Å²) in [5, 5.41) is 4.53. The van der Waals surface area contributed by atoms with Crippen LogP contribution in [0.15, 0.2) is 0 Å². The lowest BCUT2D eigenvalue weighted by Gasteiger charge is -2.37. The molecule has 1 aliphatic heterocycles. The van der Waals surface area contributed by atoms with Gasteiger partial charge in [-0.15, -0.1) is 24.8 Å². The van der Waals surface area contributed by atoms with Crippen molar-refractivity contribution in [1.29, 1.82) is 0 Å². The van der Waals surface area contributed by atoms with Gasteiger partial charge in [0.05, 0.1) is 17.3 Å². The molecule has 2 heterocycles. The zero-order valence-corrected chi connectivity index (χ0v) is 16.5. The van der Waals surface area contributed by atoms with Crippen LogP contribution >= 0.6 is 24.8 Å². The first-order valence-electron chi connectivity index (χ1n) is 8.54. The van der Waals surface area contributed by atoms with Crippen LogP contribution in [0.1, 0.15) is 67.9 Å². The molecule has 0 bridgehead atoms. The predicted octanol–water partition coefficient (Wildman–Crippen LogP) is 3.21. The molecule has 1 aliphatic carbocycles. The maximum atomic E-state index is 13.1. The summed E-state index contributed by atoms with van der Waals surface area (Å²) in [6.45, 7) is 4.97. The zero-order chi connectivity index (χ0) is 15.9. The smallest absolute Gasteiger partial charge is 0.243 e. The molecule has 2 N–H and O–H groups in total. The molecule has 0 aromatic carbocycles. The number of likely N-dealkylation sites (tertiary alicyclic amines) is 1. The van der Waals surface area contributed by atoms with Crippen molar-refractivity contribution in [2.24, 2.45) is 12.8 Å². The fraction of sp³-hybridized carbons (Fsp3) is 0.765. The van der Waals surface area contributed by atoms with E-state index in [1.165, 1.54) is 12.0 Å². The molecule has 2 fully saturated rings. The largest absolute Gasteiger partial charge is 0.334 e. The van der Waals surface area contributed by atoms with E-state index >= 15 is 0 Å². The average Bonchev–Trinajstić information content (AvgIpc) is 3.04. The first-order valence-corrected chi connectivity index (χ1v) is 8.54. The highest BCUT2D eigenvalue weighted by molar-refractivity contribution is 5.87. The number of halogens is 2. The van der Waals surface area contributed by atoms with Gasteiger partial charge in [-0.05, 0) is 39.5 Å². The van der Waals surface area contributed by atoms with Crippen molar-refractivity contribution < 1.29 is 4.79 Å². The Kier molecular flexibility index (Phi) is 7.15. The van der Waals surface area contributed by atoms with Gasteiger partial charge in [0.15, 0.2) is 0 Å². The van der Waals surface area contributed by atoms with Crippen molar-refractivity contribution in [2.45, 2.75) is 70.4 Å². The minimum Gasteiger partial charge on any atom is -0.334 e. The van der Waals surface area contributed by atoms with Crippen molar-refractivity contribution >= 4 is 30.7 Å². The van der Waals surface area contributed by atoms with Gasteiger partial charge in [0.25, 0.3) is 0 Å². The molecule has 0 radical (unpaired) electrons. The van der Waals surface area contributed by atoms with Crippen LogP contribution < -0.4 is 5.73 Å². The first kappa shape index (κ1) is 21.3. The van der Waals surface area contributed by atoms with Gasteiger partial charge in [-0.2, -0.15) is 5.10 Å². The molecule has 1 saturated heterocycles. The van der Waals surface area contributed by atoms with Crippen molar-refractivity contribution in [2.75, 3.05) is 6.54 Å². The number of hydrogen-bond donors (Lipinski definition) is 1. The second-order valence-corrected chi connectivity index (χ2v) is 7.08. The van der Waals surface area contributed by atoms with Crippen LogP contribution in [0.25, 0.3) is 0 Å². The lowest BCUT2D eigenvalue weighted by molar-refractivity contribution is -0.139. The summed E-state index contributed by atoms with van der Waals surface area (Å²) in [7, 11) is 1.97. The normalized spacial score (nSPS) is 22.7. The van der Waals surface area contributed by atoms with Crippen molar-refractivity contribution in [3.63, 3.8) is 0 Å². The lowest BCUT2D eigenvalue weighted by atomic mass is 9.81. The minimum atomic E-state index is -0.634. The quantitative estimate of drug-likeness (QED) is 0.861. The molecular weight excluding hydrogens is 347 g/mol. The van der Waals surface area contributed by atoms with Crippen LogP contribution in [0.4, 0.5) is 0 Å². The summed E-state index contributed by atoms with van der Waals surface area (Å²) in [6, 6.07) is 0.156. The molecule has 1 atom stereocenters. The topological polar surface area (TPSA) is 64.2 Å². The van der Waals surface area contributed by atoms with Gasteiger partial charge in [0.1, 0.15) is 0 Å². The molecule has 1 unspecified atom stereocenters. The van der Waals surface area contributed by atoms with E-state index in [4.69, 9.17) is 5.73 Å². The van der Waals surface area contributed by atoms with Crippen molar-refractivity contribution in [1.82, 2.24) is 14.7 Å². The predicted molar refractivity (Wildman–Crippen MR) is 101 cm³/mol. The molecule has 5 nitrogen and oxygen atoms in total. The third kappa shape index (κ3) is 3.58. The molecule has 0 spiro atoms. The standard InChI is InChI=1S/C17H28N4O.2ClH/c1-12-15(13(2)20(3)19-12)14-8-7-11-21(14)16(22)17(18)9-5-4-6-10-17;;/h14H,4-11,18H2,1-3H3;2*1H. The van der Waals surface area contributed by atoms with Gasteiger partial charge < -0.3 is 10.6 Å². The van der Waals surface area contributed by atoms with E-state index in [0.717, 1.165) is 56.5 Å². The maximum absolute atomic E-state index is 13.1. The van der Waals surface area contributed by atoms with E-state index in [2.05, 4.69) is 12.0 Å². The highest BCUT2D eigenvalue weighted by Crippen LogP contribution is 2.38. The summed E-state index contributed by atoms with van der Waals surface area (Å²) < 4.78 is 1.92. The summed E-state index contributed by atoms with van der Waals surface area (Å²) in [5.41, 5.74) is 9.29. The van der Waals surface area contributed by atoms with E-state index in [1.54, 1.807) is 0 Å². The molecule has 3 rings (SSSR count). The molecule has 2 aliphatic rings. The third-order valence-corrected chi connectivity index (χ3v) is 5.58. The number of amides is 1. The Balaban J connectivity index is 0.00000144. The second-order valence-electron chi connectivity index (χ2n) is 7.08. The van der Waals surface area contributed by atoms with Crippen LogP contribution in [0.3, 0.4) is 0 Å². The van der Waals surface area contributed by atoms with Crippen LogP contribution in [0, 0.1) is 13.8 Å². The SMILES string of the molecule is Cc1nn(C)c(C)c1C1CCCN1C(=O)C1(N)CCCCC1.Cl.Cl. The summed E-state index contributed by atoms with van der Waals surface area (Å²) in [4.78, 5) is 15.2. The third-order valence-electron chi connectivity index (χ3n) is 5.58. The average molecular weight is 377 g/mol. The summed E-state index contributed by atoms with van der Waals surface area (Å²) >= 11 is 0.